The Kier molecular flexibility index (Phi) is 11.1. The van der Waals surface area contributed by atoms with E-state index >= 15 is 0 Å². The molecule has 0 N–H and O–H groups in total. The molecule has 0 aromatic rings. The minimum absolute atomic E-state index is 1.37. The van der Waals surface area contributed by atoms with Gasteiger partial charge in [-0.15, -0.1) is 0 Å². The molecule has 0 atom stereocenters. The second-order valence-corrected chi connectivity index (χ2v) is 24.6. The van der Waals surface area contributed by atoms with Crippen molar-refractivity contribution in [2.75, 3.05) is 5.75 Å². The molecule has 0 aliphatic heterocycles. The summed E-state index contributed by atoms with van der Waals surface area (Å²) in [4.78, 5) is 0. The Balaban J connectivity index is 4.18. The van der Waals surface area contributed by atoms with Crippen molar-refractivity contribution in [2.45, 2.75) is 73.1 Å². The third kappa shape index (κ3) is 7.14. The summed E-state index contributed by atoms with van der Waals surface area (Å²) in [5, 5.41) is 0. The van der Waals surface area contributed by atoms with Gasteiger partial charge in [0.25, 0.3) is 0 Å². The monoisotopic (exact) mass is 338 g/mol. The van der Waals surface area contributed by atoms with Gasteiger partial charge < -0.3 is 0 Å². The molecule has 0 aliphatic carbocycles. The van der Waals surface area contributed by atoms with Gasteiger partial charge in [0.2, 0.25) is 0 Å². The van der Waals surface area contributed by atoms with Crippen LogP contribution in [0, 0.1) is 0 Å². The first-order chi connectivity index (χ1) is 7.24. The van der Waals surface area contributed by atoms with Crippen molar-refractivity contribution in [3.05, 3.63) is 0 Å². The van der Waals surface area contributed by atoms with Crippen LogP contribution in [0.2, 0.25) is 13.3 Å². The zero-order valence-electron chi connectivity index (χ0n) is 11.3. The molecule has 0 unspecified atom stereocenters. The van der Waals surface area contributed by atoms with Crippen LogP contribution in [0.5, 0.6) is 0 Å². The van der Waals surface area contributed by atoms with Crippen LogP contribution >= 0.6 is 8.95 Å². The zero-order valence-corrected chi connectivity index (χ0v) is 14.9. The fraction of sp³-hybridized carbons (Fsp3) is 1.00. The van der Waals surface area contributed by atoms with E-state index in [2.05, 4.69) is 36.6 Å². The van der Waals surface area contributed by atoms with E-state index < -0.39 is 17.0 Å². The predicted molar refractivity (Wildman–Crippen MR) is 78.4 cm³/mol. The molecule has 0 aromatic heterocycles. The average molecular weight is 337 g/mol. The Labute approximate surface area is 104 Å². The summed E-state index contributed by atoms with van der Waals surface area (Å²) in [5.74, 6) is 1.46. The summed E-state index contributed by atoms with van der Waals surface area (Å²) in [6.07, 6.45) is 7.14. The topological polar surface area (TPSA) is 0 Å². The van der Waals surface area contributed by atoms with Crippen LogP contribution in [0.15, 0.2) is 0 Å². The second kappa shape index (κ2) is 10.3. The molecule has 0 spiro atoms. The maximum atomic E-state index is 2.48. The van der Waals surface area contributed by atoms with Crippen molar-refractivity contribution in [2.24, 2.45) is 0 Å². The normalized spacial score (nSPS) is 12.0. The average Bonchev–Trinajstić information content (AvgIpc) is 2.19. The third-order valence-electron chi connectivity index (χ3n) is 3.02. The van der Waals surface area contributed by atoms with Gasteiger partial charge in [0.15, 0.2) is 0 Å². The van der Waals surface area contributed by atoms with Gasteiger partial charge in [-0.25, -0.2) is 0 Å². The molecule has 0 saturated carbocycles. The van der Waals surface area contributed by atoms with Crippen molar-refractivity contribution in [3.63, 3.8) is 0 Å². The predicted octanol–water partition coefficient (Wildman–Crippen LogP) is 5.70. The summed E-state index contributed by atoms with van der Waals surface area (Å²) in [7, 11) is 2.48. The van der Waals surface area contributed by atoms with E-state index in [0.717, 1.165) is 0 Å². The van der Waals surface area contributed by atoms with Gasteiger partial charge in [-0.05, 0) is 0 Å². The van der Waals surface area contributed by atoms with Gasteiger partial charge in [0.1, 0.15) is 0 Å². The molecule has 0 heterocycles. The molecular weight excluding hydrogens is 307 g/mol. The van der Waals surface area contributed by atoms with E-state index in [-0.39, 0.29) is 0 Å². The zero-order chi connectivity index (χ0) is 11.6. The first kappa shape index (κ1) is 16.1. The first-order valence-electron chi connectivity index (χ1n) is 6.88. The van der Waals surface area contributed by atoms with Gasteiger partial charge in [-0.2, -0.15) is 0 Å². The Bertz CT molecular complexity index is 119. The van der Waals surface area contributed by atoms with Crippen LogP contribution in [0.4, 0.5) is 0 Å². The molecule has 0 aromatic carbocycles. The van der Waals surface area contributed by atoms with E-state index in [1.807, 2.05) is 0 Å². The first-order valence-corrected chi connectivity index (χ1v) is 17.4. The standard InChI is InChI=1S/C4H10S.3C3H7.Sn/c1-2-3-4-5;3*1-3-2;/h5H,2-4H2,1H3;3*1,3H2,2H3;/q;;;;+1/p-1. The second-order valence-electron chi connectivity index (χ2n) is 4.64. The summed E-state index contributed by atoms with van der Waals surface area (Å²) < 4.78 is 4.89. The van der Waals surface area contributed by atoms with Crippen LogP contribution in [-0.2, 0) is 0 Å². The quantitative estimate of drug-likeness (QED) is 0.364. The van der Waals surface area contributed by atoms with Crippen LogP contribution in [0.3, 0.4) is 0 Å². The van der Waals surface area contributed by atoms with Crippen molar-refractivity contribution in [1.29, 1.82) is 0 Å². The fourth-order valence-electron chi connectivity index (χ4n) is 2.39. The molecule has 2 heteroatoms. The van der Waals surface area contributed by atoms with Crippen molar-refractivity contribution in [3.8, 4) is 0 Å². The molecule has 92 valence electrons. The van der Waals surface area contributed by atoms with E-state index in [4.69, 9.17) is 0 Å². The van der Waals surface area contributed by atoms with E-state index in [9.17, 15) is 0 Å². The van der Waals surface area contributed by atoms with Gasteiger partial charge >= 0.3 is 105 Å². The Hall–Kier alpha value is 1.15. The van der Waals surface area contributed by atoms with Crippen LogP contribution in [0.1, 0.15) is 59.8 Å². The Morgan fingerprint density at radius 1 is 0.733 bits per heavy atom. The molecule has 0 aliphatic rings. The van der Waals surface area contributed by atoms with Crippen LogP contribution in [0.25, 0.3) is 0 Å². The van der Waals surface area contributed by atoms with Gasteiger partial charge in [0.05, 0.1) is 0 Å². The molecular formula is C13H30SSn. The molecule has 0 rings (SSSR count). The number of hydrogen-bond donors (Lipinski definition) is 0. The molecule has 0 radical (unpaired) electrons. The summed E-state index contributed by atoms with van der Waals surface area (Å²) in [5.41, 5.74) is 0. The fourth-order valence-corrected chi connectivity index (χ4v) is 26.4. The number of rotatable bonds is 10. The van der Waals surface area contributed by atoms with E-state index in [0.29, 0.717) is 0 Å². The minimum atomic E-state index is -1.70. The van der Waals surface area contributed by atoms with Gasteiger partial charge in [-0.3, -0.25) is 0 Å². The van der Waals surface area contributed by atoms with Crippen LogP contribution < -0.4 is 0 Å². The van der Waals surface area contributed by atoms with E-state index in [1.165, 1.54) is 37.9 Å². The summed E-state index contributed by atoms with van der Waals surface area (Å²) >= 11 is -1.70. The Morgan fingerprint density at radius 2 is 1.20 bits per heavy atom. The van der Waals surface area contributed by atoms with Crippen molar-refractivity contribution < 1.29 is 0 Å². The number of hydrogen-bond acceptors (Lipinski definition) is 1. The molecule has 0 amide bonds. The molecule has 15 heavy (non-hydrogen) atoms. The molecule has 0 fully saturated rings. The number of unbranched alkanes of at least 4 members (excludes halogenated alkanes) is 1. The van der Waals surface area contributed by atoms with E-state index in [1.54, 1.807) is 13.3 Å². The van der Waals surface area contributed by atoms with Gasteiger partial charge in [-0.1, -0.05) is 0 Å². The summed E-state index contributed by atoms with van der Waals surface area (Å²) in [6, 6.07) is 0. The van der Waals surface area contributed by atoms with Crippen LogP contribution in [-0.4, -0.2) is 22.7 Å². The maximum absolute atomic E-state index is 2.48. The SMILES string of the molecule is CCCC[S][Sn]([CH2]CC)([CH2]CC)[CH2]CC. The van der Waals surface area contributed by atoms with Crippen molar-refractivity contribution in [1.82, 2.24) is 0 Å². The summed E-state index contributed by atoms with van der Waals surface area (Å²) in [6.45, 7) is 9.48. The molecule has 0 bridgehead atoms. The third-order valence-corrected chi connectivity index (χ3v) is 27.3. The van der Waals surface area contributed by atoms with Gasteiger partial charge in [0, 0.05) is 0 Å². The molecule has 0 nitrogen and oxygen atoms in total. The Morgan fingerprint density at radius 3 is 1.53 bits per heavy atom. The van der Waals surface area contributed by atoms with Crippen molar-refractivity contribution >= 4 is 25.9 Å². The molecule has 0 saturated heterocycles.